The molecule has 0 spiro atoms. The van der Waals surface area contributed by atoms with Crippen LogP contribution in [0, 0.1) is 0 Å². The largest absolute Gasteiger partial charge is 0.494 e. The summed E-state index contributed by atoms with van der Waals surface area (Å²) in [4.78, 5) is 37.3. The predicted octanol–water partition coefficient (Wildman–Crippen LogP) is 5.92. The Morgan fingerprint density at radius 2 is 1.39 bits per heavy atom. The Morgan fingerprint density at radius 3 is 1.94 bits per heavy atom. The normalized spacial score (nSPS) is 11.1. The van der Waals surface area contributed by atoms with Gasteiger partial charge in [-0.2, -0.15) is 0 Å². The molecule has 0 heterocycles. The summed E-state index contributed by atoms with van der Waals surface area (Å²) in [5.41, 5.74) is -0.814. The van der Waals surface area contributed by atoms with Crippen LogP contribution in [0.25, 0.3) is 0 Å². The van der Waals surface area contributed by atoms with Crippen LogP contribution in [0.15, 0.2) is 24.3 Å². The highest BCUT2D eigenvalue weighted by Gasteiger charge is 2.49. The summed E-state index contributed by atoms with van der Waals surface area (Å²) in [7, 11) is 0. The van der Waals surface area contributed by atoms with E-state index >= 15 is 0 Å². The standard InChI is InChI=1S/C29H47NO6/c1-5-8-9-10-11-12-13-14-15-22-36-26-20-16-18-25(23-26)19-17-21-29(30-24(4)31,27(32)34-6-2)28(33)35-7-3/h16,18,20,23H,5-15,17,19,21-22H2,1-4H3,(H,30,31). The summed E-state index contributed by atoms with van der Waals surface area (Å²) in [5.74, 6) is -1.27. The number of aryl methyl sites for hydroxylation is 1. The molecule has 0 unspecified atom stereocenters. The highest BCUT2D eigenvalue weighted by Crippen LogP contribution is 2.22. The van der Waals surface area contributed by atoms with Crippen molar-refractivity contribution in [1.82, 2.24) is 5.32 Å². The third-order valence-corrected chi connectivity index (χ3v) is 6.07. The molecule has 1 aromatic carbocycles. The number of hydrogen-bond acceptors (Lipinski definition) is 6. The third-order valence-electron chi connectivity index (χ3n) is 6.07. The Kier molecular flexibility index (Phi) is 16.3. The van der Waals surface area contributed by atoms with E-state index in [1.165, 1.54) is 58.3 Å². The van der Waals surface area contributed by atoms with E-state index in [9.17, 15) is 14.4 Å². The zero-order chi connectivity index (χ0) is 26.7. The molecule has 0 aliphatic rings. The van der Waals surface area contributed by atoms with Gasteiger partial charge in [-0.3, -0.25) is 4.79 Å². The average molecular weight is 506 g/mol. The van der Waals surface area contributed by atoms with Crippen molar-refractivity contribution in [2.45, 2.75) is 110 Å². The zero-order valence-corrected chi connectivity index (χ0v) is 22.9. The number of carbonyl (C=O) groups is 3. The molecule has 7 nitrogen and oxygen atoms in total. The number of hydrogen-bond donors (Lipinski definition) is 1. The highest BCUT2D eigenvalue weighted by molar-refractivity contribution is 6.07. The second kappa shape index (κ2) is 18.7. The number of nitrogens with one attached hydrogen (secondary N) is 1. The maximum atomic E-state index is 12.7. The van der Waals surface area contributed by atoms with E-state index in [1.54, 1.807) is 13.8 Å². The summed E-state index contributed by atoms with van der Waals surface area (Å²) in [6.45, 7) is 7.70. The van der Waals surface area contributed by atoms with Crippen LogP contribution in [0.2, 0.25) is 0 Å². The number of rotatable bonds is 20. The van der Waals surface area contributed by atoms with Crippen LogP contribution in [0.4, 0.5) is 0 Å². The first-order valence-electron chi connectivity index (χ1n) is 13.7. The van der Waals surface area contributed by atoms with Gasteiger partial charge in [-0.25, -0.2) is 9.59 Å². The lowest BCUT2D eigenvalue weighted by molar-refractivity contribution is -0.168. The second-order valence-electron chi connectivity index (χ2n) is 9.21. The number of carbonyl (C=O) groups excluding carboxylic acids is 3. The van der Waals surface area contributed by atoms with Crippen molar-refractivity contribution in [3.8, 4) is 5.75 Å². The molecule has 1 rings (SSSR count). The molecule has 1 amide bonds. The minimum Gasteiger partial charge on any atom is -0.494 e. The summed E-state index contributed by atoms with van der Waals surface area (Å²) in [5, 5.41) is 2.51. The molecule has 7 heteroatoms. The van der Waals surface area contributed by atoms with Gasteiger partial charge in [0.05, 0.1) is 19.8 Å². The minimum atomic E-state index is -1.85. The minimum absolute atomic E-state index is 0.0772. The van der Waals surface area contributed by atoms with Crippen LogP contribution in [-0.4, -0.2) is 43.2 Å². The summed E-state index contributed by atoms with van der Waals surface area (Å²) in [6.07, 6.45) is 12.6. The van der Waals surface area contributed by atoms with Gasteiger partial charge in [0, 0.05) is 6.92 Å². The molecule has 0 atom stereocenters. The van der Waals surface area contributed by atoms with Crippen molar-refractivity contribution in [3.05, 3.63) is 29.8 Å². The smallest absolute Gasteiger partial charge is 0.343 e. The molecule has 0 aliphatic carbocycles. The van der Waals surface area contributed by atoms with E-state index in [4.69, 9.17) is 14.2 Å². The van der Waals surface area contributed by atoms with Crippen molar-refractivity contribution in [3.63, 3.8) is 0 Å². The third kappa shape index (κ3) is 11.9. The fourth-order valence-corrected chi connectivity index (χ4v) is 4.21. The van der Waals surface area contributed by atoms with Gasteiger partial charge in [0.1, 0.15) is 5.75 Å². The lowest BCUT2D eigenvalue weighted by Crippen LogP contribution is -2.61. The molecule has 1 aromatic rings. The Labute approximate surface area is 217 Å². The van der Waals surface area contributed by atoms with Crippen LogP contribution in [0.1, 0.15) is 104 Å². The van der Waals surface area contributed by atoms with Gasteiger partial charge in [-0.15, -0.1) is 0 Å². The summed E-state index contributed by atoms with van der Waals surface area (Å²) in [6, 6.07) is 7.86. The van der Waals surface area contributed by atoms with Gasteiger partial charge in [0.2, 0.25) is 11.4 Å². The number of esters is 2. The molecule has 0 aromatic heterocycles. The van der Waals surface area contributed by atoms with Gasteiger partial charge in [0.15, 0.2) is 0 Å². The van der Waals surface area contributed by atoms with E-state index in [0.717, 1.165) is 17.7 Å². The van der Waals surface area contributed by atoms with E-state index in [1.807, 2.05) is 24.3 Å². The second-order valence-corrected chi connectivity index (χ2v) is 9.21. The molecule has 0 bridgehead atoms. The lowest BCUT2D eigenvalue weighted by Gasteiger charge is -2.29. The quantitative estimate of drug-likeness (QED) is 0.134. The Hall–Kier alpha value is -2.57. The van der Waals surface area contributed by atoms with Crippen LogP contribution in [0.5, 0.6) is 5.75 Å². The molecule has 0 saturated heterocycles. The molecular formula is C29H47NO6. The fraction of sp³-hybridized carbons (Fsp3) is 0.690. The van der Waals surface area contributed by atoms with Crippen molar-refractivity contribution >= 4 is 17.8 Å². The number of unbranched alkanes of at least 4 members (excludes halogenated alkanes) is 8. The summed E-state index contributed by atoms with van der Waals surface area (Å²) < 4.78 is 16.2. The molecular weight excluding hydrogens is 458 g/mol. The van der Waals surface area contributed by atoms with E-state index in [0.29, 0.717) is 19.4 Å². The van der Waals surface area contributed by atoms with Crippen molar-refractivity contribution < 1.29 is 28.6 Å². The first-order valence-corrected chi connectivity index (χ1v) is 13.7. The molecule has 0 fully saturated rings. The SMILES string of the molecule is CCCCCCCCCCCOc1cccc(CCCC(NC(C)=O)(C(=O)OCC)C(=O)OCC)c1. The fourth-order valence-electron chi connectivity index (χ4n) is 4.21. The van der Waals surface area contributed by atoms with Gasteiger partial charge < -0.3 is 19.5 Å². The first-order chi connectivity index (χ1) is 17.4. The zero-order valence-electron chi connectivity index (χ0n) is 22.9. The van der Waals surface area contributed by atoms with Crippen LogP contribution in [0.3, 0.4) is 0 Å². The van der Waals surface area contributed by atoms with Crippen molar-refractivity contribution in [2.24, 2.45) is 0 Å². The van der Waals surface area contributed by atoms with Gasteiger partial charge in [0.25, 0.3) is 0 Å². The van der Waals surface area contributed by atoms with Gasteiger partial charge in [-0.05, 0) is 57.2 Å². The Bertz CT molecular complexity index is 761. The highest BCUT2D eigenvalue weighted by atomic mass is 16.6. The maximum Gasteiger partial charge on any atom is 0.343 e. The average Bonchev–Trinajstić information content (AvgIpc) is 2.85. The Balaban J connectivity index is 2.57. The van der Waals surface area contributed by atoms with E-state index < -0.39 is 23.4 Å². The number of benzene rings is 1. The lowest BCUT2D eigenvalue weighted by atomic mass is 9.91. The monoisotopic (exact) mass is 505 g/mol. The number of ether oxygens (including phenoxy) is 3. The number of amides is 1. The molecule has 36 heavy (non-hydrogen) atoms. The Morgan fingerprint density at radius 1 is 0.806 bits per heavy atom. The van der Waals surface area contributed by atoms with Crippen molar-refractivity contribution in [1.29, 1.82) is 0 Å². The van der Waals surface area contributed by atoms with Gasteiger partial charge in [-0.1, -0.05) is 70.4 Å². The summed E-state index contributed by atoms with van der Waals surface area (Å²) >= 11 is 0. The van der Waals surface area contributed by atoms with Crippen molar-refractivity contribution in [2.75, 3.05) is 19.8 Å². The molecule has 204 valence electrons. The molecule has 0 radical (unpaired) electrons. The van der Waals surface area contributed by atoms with Gasteiger partial charge >= 0.3 is 11.9 Å². The first kappa shape index (κ1) is 31.5. The molecule has 0 aliphatic heterocycles. The van der Waals surface area contributed by atoms with Crippen LogP contribution < -0.4 is 10.1 Å². The van der Waals surface area contributed by atoms with E-state index in [2.05, 4.69) is 12.2 Å². The maximum absolute atomic E-state index is 12.7. The topological polar surface area (TPSA) is 90.9 Å². The van der Waals surface area contributed by atoms with Crippen LogP contribution >= 0.6 is 0 Å². The molecule has 1 N–H and O–H groups in total. The molecule has 0 saturated carbocycles. The van der Waals surface area contributed by atoms with Crippen LogP contribution in [-0.2, 0) is 30.3 Å². The van der Waals surface area contributed by atoms with E-state index in [-0.39, 0.29) is 19.6 Å². The predicted molar refractivity (Wildman–Crippen MR) is 142 cm³/mol.